The number of hydrogen-bond acceptors (Lipinski definition) is 5. The standard InChI is InChI=1S/C26H41N3O5/c1-15(2)21(28-25(33)34-26(6,7)8)24(32)29(19-10-9-11-19)22(23(31)27-16(3)4)18-12-13-20(30)17(5)14-18/h12-16,19,21-22,30H,9-11H2,1-8H3,(H,27,31)(H,28,33). The molecule has 1 aliphatic rings. The van der Waals surface area contributed by atoms with E-state index in [-0.39, 0.29) is 35.6 Å². The second-order valence-electron chi connectivity index (χ2n) is 10.8. The van der Waals surface area contributed by atoms with Gasteiger partial charge in [-0.25, -0.2) is 4.79 Å². The van der Waals surface area contributed by atoms with Gasteiger partial charge in [-0.05, 0) is 90.0 Å². The van der Waals surface area contributed by atoms with Gasteiger partial charge in [-0.1, -0.05) is 19.9 Å². The minimum Gasteiger partial charge on any atom is -0.508 e. The minimum atomic E-state index is -0.888. The Morgan fingerprint density at radius 2 is 1.71 bits per heavy atom. The van der Waals surface area contributed by atoms with Gasteiger partial charge in [-0.3, -0.25) is 9.59 Å². The number of rotatable bonds is 8. The molecule has 3 amide bonds. The molecule has 1 saturated carbocycles. The number of phenols is 1. The average Bonchev–Trinajstić information content (AvgIpc) is 2.64. The Bertz CT molecular complexity index is 887. The lowest BCUT2D eigenvalue weighted by Crippen LogP contribution is -2.59. The zero-order valence-electron chi connectivity index (χ0n) is 21.8. The Balaban J connectivity index is 2.50. The Hall–Kier alpha value is -2.77. The molecule has 8 nitrogen and oxygen atoms in total. The number of hydrogen-bond donors (Lipinski definition) is 3. The zero-order chi connectivity index (χ0) is 25.8. The number of aromatic hydroxyl groups is 1. The molecule has 0 aliphatic heterocycles. The molecule has 2 unspecified atom stereocenters. The second kappa shape index (κ2) is 11.1. The number of nitrogens with zero attached hydrogens (tertiary/aromatic N) is 1. The van der Waals surface area contributed by atoms with Crippen LogP contribution in [0.4, 0.5) is 4.79 Å². The molecule has 1 fully saturated rings. The number of phenolic OH excluding ortho intramolecular Hbond substituents is 1. The van der Waals surface area contributed by atoms with Crippen molar-refractivity contribution in [1.29, 1.82) is 0 Å². The van der Waals surface area contributed by atoms with Crippen molar-refractivity contribution in [2.75, 3.05) is 0 Å². The molecule has 1 aromatic carbocycles. The van der Waals surface area contributed by atoms with Crippen molar-refractivity contribution < 1.29 is 24.2 Å². The minimum absolute atomic E-state index is 0.118. The fraction of sp³-hybridized carbons (Fsp3) is 0.654. The van der Waals surface area contributed by atoms with Crippen LogP contribution < -0.4 is 10.6 Å². The highest BCUT2D eigenvalue weighted by molar-refractivity contribution is 5.92. The normalized spacial score (nSPS) is 15.9. The molecule has 3 N–H and O–H groups in total. The highest BCUT2D eigenvalue weighted by atomic mass is 16.6. The lowest BCUT2D eigenvalue weighted by atomic mass is 9.87. The number of carbonyl (C=O) groups is 3. The first kappa shape index (κ1) is 27.5. The quantitative estimate of drug-likeness (QED) is 0.522. The molecule has 0 heterocycles. The summed E-state index contributed by atoms with van der Waals surface area (Å²) in [4.78, 5) is 41.6. The number of benzene rings is 1. The molecule has 0 spiro atoms. The summed E-state index contributed by atoms with van der Waals surface area (Å²) in [6.45, 7) is 14.5. The predicted molar refractivity (Wildman–Crippen MR) is 131 cm³/mol. The Morgan fingerprint density at radius 3 is 2.15 bits per heavy atom. The highest BCUT2D eigenvalue weighted by Crippen LogP contribution is 2.35. The SMILES string of the molecule is Cc1cc(C(C(=O)NC(C)C)N(C(=O)C(NC(=O)OC(C)(C)C)C(C)C)C2CCC2)ccc1O. The monoisotopic (exact) mass is 475 g/mol. The van der Waals surface area contributed by atoms with Gasteiger partial charge in [-0.15, -0.1) is 0 Å². The largest absolute Gasteiger partial charge is 0.508 e. The molecule has 2 atom stereocenters. The third kappa shape index (κ3) is 7.11. The first-order valence-electron chi connectivity index (χ1n) is 12.1. The molecule has 34 heavy (non-hydrogen) atoms. The summed E-state index contributed by atoms with van der Waals surface area (Å²) in [5.41, 5.74) is 0.535. The van der Waals surface area contributed by atoms with Gasteiger partial charge in [0.1, 0.15) is 23.4 Å². The van der Waals surface area contributed by atoms with Crippen molar-refractivity contribution in [1.82, 2.24) is 15.5 Å². The van der Waals surface area contributed by atoms with Crippen LogP contribution in [-0.2, 0) is 14.3 Å². The average molecular weight is 476 g/mol. The lowest BCUT2D eigenvalue weighted by molar-refractivity contribution is -0.148. The van der Waals surface area contributed by atoms with E-state index in [1.54, 1.807) is 50.8 Å². The summed E-state index contributed by atoms with van der Waals surface area (Å²) < 4.78 is 5.40. The Labute approximate surface area is 203 Å². The van der Waals surface area contributed by atoms with E-state index in [0.29, 0.717) is 11.1 Å². The maximum absolute atomic E-state index is 14.0. The van der Waals surface area contributed by atoms with E-state index in [1.807, 2.05) is 27.7 Å². The fourth-order valence-corrected chi connectivity index (χ4v) is 3.94. The van der Waals surface area contributed by atoms with E-state index in [0.717, 1.165) is 19.3 Å². The van der Waals surface area contributed by atoms with Crippen LogP contribution in [0.15, 0.2) is 18.2 Å². The molecule has 8 heteroatoms. The first-order chi connectivity index (χ1) is 15.7. The topological polar surface area (TPSA) is 108 Å². The third-order valence-corrected chi connectivity index (χ3v) is 5.82. The van der Waals surface area contributed by atoms with Gasteiger partial charge in [0.2, 0.25) is 11.8 Å². The van der Waals surface area contributed by atoms with E-state index in [9.17, 15) is 19.5 Å². The number of aryl methyl sites for hydroxylation is 1. The van der Waals surface area contributed by atoms with Crippen LogP contribution in [0.2, 0.25) is 0 Å². The van der Waals surface area contributed by atoms with Crippen LogP contribution in [0.5, 0.6) is 5.75 Å². The van der Waals surface area contributed by atoms with Crippen LogP contribution in [-0.4, -0.2) is 51.6 Å². The highest BCUT2D eigenvalue weighted by Gasteiger charge is 2.42. The van der Waals surface area contributed by atoms with Crippen LogP contribution in [0.1, 0.15) is 84.9 Å². The number of carbonyl (C=O) groups excluding carboxylic acids is 3. The van der Waals surface area contributed by atoms with E-state index in [1.165, 1.54) is 0 Å². The molecule has 1 aliphatic carbocycles. The number of nitrogens with one attached hydrogen (secondary N) is 2. The van der Waals surface area contributed by atoms with Crippen molar-refractivity contribution in [3.8, 4) is 5.75 Å². The van der Waals surface area contributed by atoms with Gasteiger partial charge in [-0.2, -0.15) is 0 Å². The van der Waals surface area contributed by atoms with Crippen LogP contribution in [0.25, 0.3) is 0 Å². The van der Waals surface area contributed by atoms with Gasteiger partial charge in [0, 0.05) is 12.1 Å². The third-order valence-electron chi connectivity index (χ3n) is 5.82. The molecule has 1 aromatic rings. The molecular formula is C26H41N3O5. The van der Waals surface area contributed by atoms with Gasteiger partial charge in [0.05, 0.1) is 0 Å². The molecule has 0 bridgehead atoms. The number of alkyl carbamates (subject to hydrolysis) is 1. The van der Waals surface area contributed by atoms with Crippen LogP contribution in [0, 0.1) is 12.8 Å². The van der Waals surface area contributed by atoms with Crippen molar-refractivity contribution in [2.24, 2.45) is 5.92 Å². The maximum Gasteiger partial charge on any atom is 0.408 e. The van der Waals surface area contributed by atoms with Crippen molar-refractivity contribution in [3.05, 3.63) is 29.3 Å². The van der Waals surface area contributed by atoms with Gasteiger partial charge in [0.15, 0.2) is 0 Å². The van der Waals surface area contributed by atoms with E-state index < -0.39 is 23.8 Å². The second-order valence-corrected chi connectivity index (χ2v) is 10.8. The molecule has 2 rings (SSSR count). The van der Waals surface area contributed by atoms with Crippen LogP contribution >= 0.6 is 0 Å². The number of amides is 3. The lowest BCUT2D eigenvalue weighted by Gasteiger charge is -2.44. The summed E-state index contributed by atoms with van der Waals surface area (Å²) in [5.74, 6) is -0.710. The van der Waals surface area contributed by atoms with E-state index >= 15 is 0 Å². The van der Waals surface area contributed by atoms with E-state index in [4.69, 9.17) is 4.74 Å². The molecular weight excluding hydrogens is 434 g/mol. The predicted octanol–water partition coefficient (Wildman–Crippen LogP) is 4.20. The summed E-state index contributed by atoms with van der Waals surface area (Å²) >= 11 is 0. The summed E-state index contributed by atoms with van der Waals surface area (Å²) in [6.07, 6.45) is 1.86. The van der Waals surface area contributed by atoms with E-state index in [2.05, 4.69) is 10.6 Å². The van der Waals surface area contributed by atoms with Crippen molar-refractivity contribution >= 4 is 17.9 Å². The maximum atomic E-state index is 14.0. The number of ether oxygens (including phenoxy) is 1. The Morgan fingerprint density at radius 1 is 1.09 bits per heavy atom. The molecule has 0 aromatic heterocycles. The molecule has 190 valence electrons. The molecule has 0 saturated heterocycles. The summed E-state index contributed by atoms with van der Waals surface area (Å²) in [6, 6.07) is 2.98. The summed E-state index contributed by atoms with van der Waals surface area (Å²) in [5, 5.41) is 15.7. The first-order valence-corrected chi connectivity index (χ1v) is 12.1. The Kier molecular flexibility index (Phi) is 8.97. The molecule has 0 radical (unpaired) electrons. The zero-order valence-corrected chi connectivity index (χ0v) is 21.8. The fourth-order valence-electron chi connectivity index (χ4n) is 3.94. The van der Waals surface area contributed by atoms with Crippen molar-refractivity contribution in [2.45, 2.75) is 104 Å². The smallest absolute Gasteiger partial charge is 0.408 e. The van der Waals surface area contributed by atoms with Crippen LogP contribution in [0.3, 0.4) is 0 Å². The summed E-state index contributed by atoms with van der Waals surface area (Å²) in [7, 11) is 0. The van der Waals surface area contributed by atoms with Gasteiger partial charge in [0.25, 0.3) is 0 Å². The van der Waals surface area contributed by atoms with Gasteiger partial charge < -0.3 is 25.4 Å². The van der Waals surface area contributed by atoms with Crippen molar-refractivity contribution in [3.63, 3.8) is 0 Å². The van der Waals surface area contributed by atoms with Gasteiger partial charge >= 0.3 is 6.09 Å².